The van der Waals surface area contributed by atoms with E-state index >= 15 is 0 Å². The Balaban J connectivity index is 1.78. The molecule has 0 spiro atoms. The minimum absolute atomic E-state index is 0.0000423. The van der Waals surface area contributed by atoms with E-state index in [1.54, 1.807) is 6.92 Å². The van der Waals surface area contributed by atoms with Crippen molar-refractivity contribution in [1.29, 1.82) is 0 Å². The van der Waals surface area contributed by atoms with Crippen LogP contribution < -0.4 is 0 Å². The molecule has 30 heavy (non-hydrogen) atoms. The molecule has 4 aliphatic rings. The standard InChI is InChI=1S/C22H36O8/c1-3-30-18(27)14-5-7-22(29)13-4-6-20(28)9-12(24)8-16(26)21(20,11-23)17(13)15(25)10-19(14,22)2/h12-17,23-26,28-29H,3-11H2,1-2H3. The molecule has 0 saturated heterocycles. The third kappa shape index (κ3) is 2.58. The van der Waals surface area contributed by atoms with E-state index in [1.807, 2.05) is 6.92 Å². The molecule has 0 aromatic carbocycles. The second-order valence-corrected chi connectivity index (χ2v) is 10.5. The number of fused-ring (bicyclic) bond motifs is 5. The molecule has 6 N–H and O–H groups in total. The Hall–Kier alpha value is -0.770. The molecule has 0 heterocycles. The summed E-state index contributed by atoms with van der Waals surface area (Å²) in [5.74, 6) is -2.15. The van der Waals surface area contributed by atoms with Gasteiger partial charge in [-0.25, -0.2) is 0 Å². The van der Waals surface area contributed by atoms with Gasteiger partial charge in [-0.05, 0) is 44.9 Å². The van der Waals surface area contributed by atoms with Crippen LogP contribution in [0.2, 0.25) is 0 Å². The summed E-state index contributed by atoms with van der Waals surface area (Å²) in [6.07, 6.45) is -1.64. The number of rotatable bonds is 3. The maximum atomic E-state index is 12.6. The molecule has 4 saturated carbocycles. The summed E-state index contributed by atoms with van der Waals surface area (Å²) in [5.41, 5.74) is -5.16. The highest BCUT2D eigenvalue weighted by atomic mass is 16.5. The molecular formula is C22H36O8. The van der Waals surface area contributed by atoms with Crippen molar-refractivity contribution < 1.29 is 40.2 Å². The average molecular weight is 429 g/mol. The average Bonchev–Trinajstić information content (AvgIpc) is 2.92. The lowest BCUT2D eigenvalue weighted by Gasteiger charge is -2.68. The van der Waals surface area contributed by atoms with Crippen LogP contribution in [0.4, 0.5) is 0 Å². The maximum Gasteiger partial charge on any atom is 0.309 e. The zero-order chi connectivity index (χ0) is 22.1. The molecule has 8 heteroatoms. The number of hydrogen-bond donors (Lipinski definition) is 6. The predicted octanol–water partition coefficient (Wildman–Crippen LogP) is -0.287. The monoisotopic (exact) mass is 428 g/mol. The van der Waals surface area contributed by atoms with Crippen molar-refractivity contribution in [2.75, 3.05) is 13.2 Å². The molecule has 172 valence electrons. The summed E-state index contributed by atoms with van der Waals surface area (Å²) in [6.45, 7) is 3.25. The fourth-order valence-electron chi connectivity index (χ4n) is 8.13. The van der Waals surface area contributed by atoms with Gasteiger partial charge in [0.25, 0.3) is 0 Å². The summed E-state index contributed by atoms with van der Waals surface area (Å²) in [5, 5.41) is 66.5. The van der Waals surface area contributed by atoms with Crippen molar-refractivity contribution in [2.24, 2.45) is 28.6 Å². The van der Waals surface area contributed by atoms with Gasteiger partial charge >= 0.3 is 5.97 Å². The first-order valence-corrected chi connectivity index (χ1v) is 11.3. The number of hydrogen-bond acceptors (Lipinski definition) is 8. The van der Waals surface area contributed by atoms with E-state index in [1.165, 1.54) is 0 Å². The van der Waals surface area contributed by atoms with Crippen LogP contribution in [0.5, 0.6) is 0 Å². The summed E-state index contributed by atoms with van der Waals surface area (Å²) in [7, 11) is 0. The molecule has 4 aliphatic carbocycles. The van der Waals surface area contributed by atoms with Gasteiger partial charge in [0.05, 0.1) is 54.1 Å². The summed E-state index contributed by atoms with van der Waals surface area (Å²) in [6, 6.07) is 0. The smallest absolute Gasteiger partial charge is 0.309 e. The van der Waals surface area contributed by atoms with Crippen molar-refractivity contribution >= 4 is 5.97 Å². The molecule has 0 aliphatic heterocycles. The fourth-order valence-corrected chi connectivity index (χ4v) is 8.13. The summed E-state index contributed by atoms with van der Waals surface area (Å²) < 4.78 is 5.25. The fraction of sp³-hybridized carbons (Fsp3) is 0.955. The van der Waals surface area contributed by atoms with Crippen LogP contribution >= 0.6 is 0 Å². The van der Waals surface area contributed by atoms with Gasteiger partial charge in [0.2, 0.25) is 0 Å². The van der Waals surface area contributed by atoms with Gasteiger partial charge < -0.3 is 35.4 Å². The van der Waals surface area contributed by atoms with Gasteiger partial charge in [-0.3, -0.25) is 4.79 Å². The Morgan fingerprint density at radius 2 is 1.80 bits per heavy atom. The second kappa shape index (κ2) is 7.12. The second-order valence-electron chi connectivity index (χ2n) is 10.5. The lowest BCUT2D eigenvalue weighted by molar-refractivity contribution is -0.317. The summed E-state index contributed by atoms with van der Waals surface area (Å²) in [4.78, 5) is 12.6. The van der Waals surface area contributed by atoms with Crippen LogP contribution in [0.3, 0.4) is 0 Å². The highest BCUT2D eigenvalue weighted by Crippen LogP contribution is 2.69. The largest absolute Gasteiger partial charge is 0.466 e. The van der Waals surface area contributed by atoms with E-state index in [4.69, 9.17) is 4.74 Å². The third-order valence-electron chi connectivity index (χ3n) is 9.49. The van der Waals surface area contributed by atoms with Crippen molar-refractivity contribution in [3.63, 3.8) is 0 Å². The Kier molecular flexibility index (Phi) is 5.32. The van der Waals surface area contributed by atoms with Gasteiger partial charge in [-0.15, -0.1) is 0 Å². The third-order valence-corrected chi connectivity index (χ3v) is 9.49. The predicted molar refractivity (Wildman–Crippen MR) is 105 cm³/mol. The molecule has 4 rings (SSSR count). The van der Waals surface area contributed by atoms with Crippen LogP contribution in [0.25, 0.3) is 0 Å². The Labute approximate surface area is 176 Å². The van der Waals surface area contributed by atoms with E-state index < -0.39 is 64.7 Å². The molecule has 0 radical (unpaired) electrons. The van der Waals surface area contributed by atoms with Crippen molar-refractivity contribution in [3.8, 4) is 0 Å². The lowest BCUT2D eigenvalue weighted by Crippen LogP contribution is -2.75. The zero-order valence-electron chi connectivity index (χ0n) is 17.8. The number of aliphatic hydroxyl groups excluding tert-OH is 4. The van der Waals surface area contributed by atoms with Gasteiger partial charge in [-0.1, -0.05) is 6.92 Å². The Morgan fingerprint density at radius 3 is 2.43 bits per heavy atom. The molecule has 4 fully saturated rings. The van der Waals surface area contributed by atoms with Crippen LogP contribution in [0.1, 0.15) is 58.8 Å². The molecule has 0 aromatic heterocycles. The van der Waals surface area contributed by atoms with Crippen molar-refractivity contribution in [3.05, 3.63) is 0 Å². The summed E-state index contributed by atoms with van der Waals surface area (Å²) >= 11 is 0. The SMILES string of the molecule is CCOC(=O)C1CCC2(O)C3CCC4(O)CC(O)CC(O)C4(CO)C3C(O)CC12C. The minimum atomic E-state index is -1.54. The zero-order valence-corrected chi connectivity index (χ0v) is 17.8. The molecule has 10 atom stereocenters. The first kappa shape index (κ1) is 22.4. The first-order valence-electron chi connectivity index (χ1n) is 11.3. The molecular weight excluding hydrogens is 392 g/mol. The highest BCUT2D eigenvalue weighted by Gasteiger charge is 2.75. The first-order chi connectivity index (χ1) is 14.0. The molecule has 8 nitrogen and oxygen atoms in total. The van der Waals surface area contributed by atoms with Crippen LogP contribution in [-0.2, 0) is 9.53 Å². The van der Waals surface area contributed by atoms with E-state index in [0.29, 0.717) is 19.3 Å². The van der Waals surface area contributed by atoms with Crippen LogP contribution in [0.15, 0.2) is 0 Å². The topological polar surface area (TPSA) is 148 Å². The quantitative estimate of drug-likeness (QED) is 0.336. The number of aliphatic hydroxyl groups is 6. The van der Waals surface area contributed by atoms with Crippen LogP contribution in [0, 0.1) is 28.6 Å². The van der Waals surface area contributed by atoms with Crippen molar-refractivity contribution in [1.82, 2.24) is 0 Å². The molecule has 0 bridgehead atoms. The highest BCUT2D eigenvalue weighted by molar-refractivity contribution is 5.74. The Morgan fingerprint density at radius 1 is 1.10 bits per heavy atom. The number of ether oxygens (including phenoxy) is 1. The molecule has 0 amide bonds. The normalized spacial score (nSPS) is 55.3. The van der Waals surface area contributed by atoms with E-state index in [-0.39, 0.29) is 38.3 Å². The Bertz CT molecular complexity index is 701. The van der Waals surface area contributed by atoms with Gasteiger partial charge in [0, 0.05) is 24.2 Å². The van der Waals surface area contributed by atoms with E-state index in [9.17, 15) is 35.4 Å². The van der Waals surface area contributed by atoms with E-state index in [0.717, 1.165) is 0 Å². The minimum Gasteiger partial charge on any atom is -0.466 e. The van der Waals surface area contributed by atoms with Crippen molar-refractivity contribution in [2.45, 2.75) is 88.3 Å². The number of carbonyl (C=O) groups is 1. The van der Waals surface area contributed by atoms with E-state index in [2.05, 4.69) is 0 Å². The number of carbonyl (C=O) groups excluding carboxylic acids is 1. The molecule has 0 aromatic rings. The van der Waals surface area contributed by atoms with Gasteiger partial charge in [-0.2, -0.15) is 0 Å². The van der Waals surface area contributed by atoms with Crippen LogP contribution in [-0.4, -0.2) is 79.3 Å². The lowest BCUT2D eigenvalue weighted by atomic mass is 9.40. The number of esters is 1. The van der Waals surface area contributed by atoms with Gasteiger partial charge in [0.15, 0.2) is 0 Å². The van der Waals surface area contributed by atoms with Gasteiger partial charge in [0.1, 0.15) is 0 Å². The molecule has 10 unspecified atom stereocenters. The maximum absolute atomic E-state index is 12.6.